The SMILES string of the molecule is CSc1ccc(CN(CCO)C(=O)c2ccco2)cc1. The van der Waals surface area contributed by atoms with Gasteiger partial charge in [-0.1, -0.05) is 12.1 Å². The monoisotopic (exact) mass is 291 g/mol. The summed E-state index contributed by atoms with van der Waals surface area (Å²) >= 11 is 1.68. The number of aliphatic hydroxyl groups excluding tert-OH is 1. The fourth-order valence-corrected chi connectivity index (χ4v) is 2.29. The quantitative estimate of drug-likeness (QED) is 0.831. The average molecular weight is 291 g/mol. The number of carbonyl (C=O) groups is 1. The van der Waals surface area contributed by atoms with Crippen LogP contribution < -0.4 is 0 Å². The summed E-state index contributed by atoms with van der Waals surface area (Å²) < 4.78 is 5.12. The molecule has 0 spiro atoms. The lowest BCUT2D eigenvalue weighted by molar-refractivity contribution is 0.0676. The highest BCUT2D eigenvalue weighted by Gasteiger charge is 2.17. The zero-order chi connectivity index (χ0) is 14.4. The first-order chi connectivity index (χ1) is 9.74. The lowest BCUT2D eigenvalue weighted by Crippen LogP contribution is -2.32. The largest absolute Gasteiger partial charge is 0.459 e. The van der Waals surface area contributed by atoms with E-state index in [1.165, 1.54) is 11.2 Å². The number of amides is 1. The van der Waals surface area contributed by atoms with Gasteiger partial charge < -0.3 is 14.4 Å². The van der Waals surface area contributed by atoms with Crippen LogP contribution in [0.4, 0.5) is 0 Å². The summed E-state index contributed by atoms with van der Waals surface area (Å²) in [6.45, 7) is 0.661. The Morgan fingerprint density at radius 3 is 2.60 bits per heavy atom. The number of benzene rings is 1. The first-order valence-corrected chi connectivity index (χ1v) is 7.53. The highest BCUT2D eigenvalue weighted by Crippen LogP contribution is 2.16. The molecule has 4 nitrogen and oxygen atoms in total. The van der Waals surface area contributed by atoms with E-state index in [1.807, 2.05) is 30.5 Å². The molecule has 20 heavy (non-hydrogen) atoms. The van der Waals surface area contributed by atoms with Gasteiger partial charge in [-0.3, -0.25) is 4.79 Å². The van der Waals surface area contributed by atoms with Crippen LogP contribution in [0.15, 0.2) is 52.0 Å². The molecule has 0 aliphatic carbocycles. The third-order valence-corrected chi connectivity index (χ3v) is 3.67. The number of furan rings is 1. The molecule has 0 atom stereocenters. The van der Waals surface area contributed by atoms with Gasteiger partial charge in [-0.15, -0.1) is 11.8 Å². The second-order valence-corrected chi connectivity index (χ2v) is 5.16. The Labute approximate surface area is 122 Å². The maximum Gasteiger partial charge on any atom is 0.289 e. The van der Waals surface area contributed by atoms with E-state index in [4.69, 9.17) is 9.52 Å². The number of hydrogen-bond acceptors (Lipinski definition) is 4. The van der Waals surface area contributed by atoms with Crippen molar-refractivity contribution in [3.63, 3.8) is 0 Å². The molecule has 0 aliphatic rings. The van der Waals surface area contributed by atoms with Crippen LogP contribution in [0.1, 0.15) is 16.1 Å². The zero-order valence-electron chi connectivity index (χ0n) is 11.3. The predicted octanol–water partition coefficient (Wildman–Crippen LogP) is 2.64. The molecule has 1 N–H and O–H groups in total. The summed E-state index contributed by atoms with van der Waals surface area (Å²) in [7, 11) is 0. The molecule has 0 radical (unpaired) electrons. The number of aliphatic hydroxyl groups is 1. The fraction of sp³-hybridized carbons (Fsp3) is 0.267. The maximum absolute atomic E-state index is 12.2. The Hall–Kier alpha value is -1.72. The highest BCUT2D eigenvalue weighted by molar-refractivity contribution is 7.98. The topological polar surface area (TPSA) is 53.7 Å². The summed E-state index contributed by atoms with van der Waals surface area (Å²) in [6.07, 6.45) is 3.49. The lowest BCUT2D eigenvalue weighted by Gasteiger charge is -2.20. The lowest BCUT2D eigenvalue weighted by atomic mass is 10.2. The molecule has 1 amide bonds. The van der Waals surface area contributed by atoms with E-state index in [2.05, 4.69) is 0 Å². The van der Waals surface area contributed by atoms with Crippen LogP contribution >= 0.6 is 11.8 Å². The zero-order valence-corrected chi connectivity index (χ0v) is 12.1. The number of rotatable bonds is 6. The van der Waals surface area contributed by atoms with Crippen molar-refractivity contribution in [3.05, 3.63) is 54.0 Å². The van der Waals surface area contributed by atoms with Crippen molar-refractivity contribution in [1.29, 1.82) is 0 Å². The van der Waals surface area contributed by atoms with E-state index in [0.29, 0.717) is 12.3 Å². The number of nitrogens with zero attached hydrogens (tertiary/aromatic N) is 1. The normalized spacial score (nSPS) is 10.5. The first kappa shape index (κ1) is 14.7. The molecule has 0 saturated heterocycles. The molecule has 0 fully saturated rings. The van der Waals surface area contributed by atoms with Crippen molar-refractivity contribution < 1.29 is 14.3 Å². The molecule has 0 bridgehead atoms. The Morgan fingerprint density at radius 1 is 1.30 bits per heavy atom. The second-order valence-electron chi connectivity index (χ2n) is 4.28. The van der Waals surface area contributed by atoms with Gasteiger partial charge in [-0.05, 0) is 36.1 Å². The van der Waals surface area contributed by atoms with Crippen molar-refractivity contribution in [3.8, 4) is 0 Å². The summed E-state index contributed by atoms with van der Waals surface area (Å²) in [6, 6.07) is 11.3. The second kappa shape index (κ2) is 7.17. The van der Waals surface area contributed by atoms with E-state index in [-0.39, 0.29) is 19.1 Å². The summed E-state index contributed by atoms with van der Waals surface area (Å²) in [4.78, 5) is 15.0. The minimum atomic E-state index is -0.210. The first-order valence-electron chi connectivity index (χ1n) is 6.31. The van der Waals surface area contributed by atoms with Crippen molar-refractivity contribution in [2.24, 2.45) is 0 Å². The van der Waals surface area contributed by atoms with Gasteiger partial charge in [0.05, 0.1) is 12.9 Å². The molecule has 1 heterocycles. The van der Waals surface area contributed by atoms with Gasteiger partial charge in [0.15, 0.2) is 5.76 Å². The van der Waals surface area contributed by atoms with Gasteiger partial charge in [-0.2, -0.15) is 0 Å². The van der Waals surface area contributed by atoms with Crippen LogP contribution in [0.25, 0.3) is 0 Å². The van der Waals surface area contributed by atoms with Crippen LogP contribution in [-0.2, 0) is 6.54 Å². The van der Waals surface area contributed by atoms with E-state index in [9.17, 15) is 4.79 Å². The Bertz CT molecular complexity index is 537. The van der Waals surface area contributed by atoms with Crippen molar-refractivity contribution in [1.82, 2.24) is 4.90 Å². The van der Waals surface area contributed by atoms with E-state index in [0.717, 1.165) is 5.56 Å². The summed E-state index contributed by atoms with van der Waals surface area (Å²) in [5, 5.41) is 9.12. The number of carbonyl (C=O) groups excluding carboxylic acids is 1. The molecule has 2 rings (SSSR count). The van der Waals surface area contributed by atoms with Gasteiger partial charge in [0.2, 0.25) is 0 Å². The minimum absolute atomic E-state index is 0.0741. The Morgan fingerprint density at radius 2 is 2.05 bits per heavy atom. The van der Waals surface area contributed by atoms with Gasteiger partial charge in [-0.25, -0.2) is 0 Å². The predicted molar refractivity (Wildman–Crippen MR) is 78.8 cm³/mol. The van der Waals surface area contributed by atoms with Gasteiger partial charge in [0.1, 0.15) is 0 Å². The van der Waals surface area contributed by atoms with Crippen LogP contribution in [0.2, 0.25) is 0 Å². The Balaban J connectivity index is 2.10. The average Bonchev–Trinajstić information content (AvgIpc) is 3.01. The molecule has 1 aromatic carbocycles. The number of hydrogen-bond donors (Lipinski definition) is 1. The van der Waals surface area contributed by atoms with E-state index >= 15 is 0 Å². The molecule has 106 valence electrons. The van der Waals surface area contributed by atoms with Gasteiger partial charge >= 0.3 is 0 Å². The van der Waals surface area contributed by atoms with Crippen LogP contribution in [0.3, 0.4) is 0 Å². The summed E-state index contributed by atoms with van der Waals surface area (Å²) in [5.74, 6) is 0.0807. The van der Waals surface area contributed by atoms with E-state index in [1.54, 1.807) is 28.8 Å². The third-order valence-electron chi connectivity index (χ3n) is 2.92. The minimum Gasteiger partial charge on any atom is -0.459 e. The molecule has 0 saturated carbocycles. The van der Waals surface area contributed by atoms with Crippen molar-refractivity contribution in [2.45, 2.75) is 11.4 Å². The Kier molecular flexibility index (Phi) is 5.26. The molecule has 0 unspecified atom stereocenters. The smallest absolute Gasteiger partial charge is 0.289 e. The van der Waals surface area contributed by atoms with Crippen LogP contribution in [0.5, 0.6) is 0 Å². The molecule has 1 aromatic heterocycles. The van der Waals surface area contributed by atoms with Gasteiger partial charge in [0, 0.05) is 18.0 Å². The van der Waals surface area contributed by atoms with Crippen molar-refractivity contribution in [2.75, 3.05) is 19.4 Å². The molecule has 5 heteroatoms. The van der Waals surface area contributed by atoms with Crippen LogP contribution in [-0.4, -0.2) is 35.3 Å². The van der Waals surface area contributed by atoms with Gasteiger partial charge in [0.25, 0.3) is 5.91 Å². The molecule has 2 aromatic rings. The fourth-order valence-electron chi connectivity index (χ4n) is 1.88. The number of thioether (sulfide) groups is 1. The van der Waals surface area contributed by atoms with Crippen LogP contribution in [0, 0.1) is 0 Å². The highest BCUT2D eigenvalue weighted by atomic mass is 32.2. The molecular formula is C15H17NO3S. The maximum atomic E-state index is 12.2. The molecular weight excluding hydrogens is 274 g/mol. The van der Waals surface area contributed by atoms with Crippen molar-refractivity contribution >= 4 is 17.7 Å². The third kappa shape index (κ3) is 3.65. The molecule has 0 aliphatic heterocycles. The standard InChI is InChI=1S/C15H17NO3S/c1-20-13-6-4-12(5-7-13)11-16(8-9-17)15(18)14-3-2-10-19-14/h2-7,10,17H,8-9,11H2,1H3. The summed E-state index contributed by atoms with van der Waals surface area (Å²) in [5.41, 5.74) is 1.02. The van der Waals surface area contributed by atoms with E-state index < -0.39 is 0 Å².